The van der Waals surface area contributed by atoms with Crippen molar-refractivity contribution in [2.45, 2.75) is 26.3 Å². The van der Waals surface area contributed by atoms with Gasteiger partial charge in [-0.15, -0.1) is 0 Å². The first kappa shape index (κ1) is 14.1. The Morgan fingerprint density at radius 3 is 2.58 bits per heavy atom. The Labute approximate surface area is 121 Å². The van der Waals surface area contributed by atoms with E-state index in [2.05, 4.69) is 21.2 Å². The first-order valence-electron chi connectivity index (χ1n) is 6.33. The van der Waals surface area contributed by atoms with Crippen LogP contribution < -0.4 is 10.2 Å². The molecule has 0 bridgehead atoms. The van der Waals surface area contributed by atoms with Crippen molar-refractivity contribution in [2.75, 3.05) is 11.4 Å². The van der Waals surface area contributed by atoms with E-state index in [9.17, 15) is 9.59 Å². The highest BCUT2D eigenvalue weighted by Crippen LogP contribution is 2.26. The van der Waals surface area contributed by atoms with Crippen LogP contribution in [-0.4, -0.2) is 24.4 Å². The van der Waals surface area contributed by atoms with Gasteiger partial charge < -0.3 is 10.2 Å². The average Bonchev–Trinajstić information content (AvgIpc) is 2.72. The molecule has 1 aromatic rings. The Bertz CT molecular complexity index is 485. The number of hydrogen-bond acceptors (Lipinski definition) is 2. The minimum atomic E-state index is -0.251. The third-order valence-corrected chi connectivity index (χ3v) is 3.59. The van der Waals surface area contributed by atoms with E-state index in [4.69, 9.17) is 0 Å². The van der Waals surface area contributed by atoms with Crippen molar-refractivity contribution in [3.63, 3.8) is 0 Å². The monoisotopic (exact) mass is 324 g/mol. The van der Waals surface area contributed by atoms with Crippen LogP contribution in [-0.2, 0) is 9.59 Å². The number of nitrogens with zero attached hydrogens (tertiary/aromatic N) is 1. The fourth-order valence-corrected chi connectivity index (χ4v) is 2.42. The molecule has 1 aliphatic heterocycles. The lowest BCUT2D eigenvalue weighted by molar-refractivity contribution is -0.126. The summed E-state index contributed by atoms with van der Waals surface area (Å²) in [6, 6.07) is 7.65. The molecule has 5 heteroatoms. The van der Waals surface area contributed by atoms with Crippen LogP contribution in [0.5, 0.6) is 0 Å². The summed E-state index contributed by atoms with van der Waals surface area (Å²) in [5, 5.41) is 2.86. The van der Waals surface area contributed by atoms with Crippen LogP contribution in [0.1, 0.15) is 20.3 Å². The largest absolute Gasteiger partial charge is 0.354 e. The Hall–Kier alpha value is -1.36. The smallest absolute Gasteiger partial charge is 0.227 e. The summed E-state index contributed by atoms with van der Waals surface area (Å²) in [6.07, 6.45) is 0.286. The summed E-state index contributed by atoms with van der Waals surface area (Å²) < 4.78 is 0.969. The van der Waals surface area contributed by atoms with E-state index >= 15 is 0 Å². The van der Waals surface area contributed by atoms with Gasteiger partial charge in [0.25, 0.3) is 0 Å². The summed E-state index contributed by atoms with van der Waals surface area (Å²) in [7, 11) is 0. The van der Waals surface area contributed by atoms with Gasteiger partial charge in [0.2, 0.25) is 11.8 Å². The van der Waals surface area contributed by atoms with Crippen LogP contribution in [0.3, 0.4) is 0 Å². The van der Waals surface area contributed by atoms with Crippen LogP contribution in [0.2, 0.25) is 0 Å². The van der Waals surface area contributed by atoms with Crippen molar-refractivity contribution in [1.29, 1.82) is 0 Å². The molecular weight excluding hydrogens is 308 g/mol. The minimum absolute atomic E-state index is 0.00577. The SMILES string of the molecule is CC(C)NC(=O)C1CC(=O)N(c2ccc(Br)cc2)C1. The normalized spacial score (nSPS) is 19.1. The predicted molar refractivity (Wildman–Crippen MR) is 77.9 cm³/mol. The van der Waals surface area contributed by atoms with E-state index in [0.29, 0.717) is 6.54 Å². The fourth-order valence-electron chi connectivity index (χ4n) is 2.16. The Kier molecular flexibility index (Phi) is 4.24. The van der Waals surface area contributed by atoms with E-state index in [0.717, 1.165) is 10.2 Å². The highest BCUT2D eigenvalue weighted by molar-refractivity contribution is 9.10. The molecule has 0 aliphatic carbocycles. The molecule has 4 nitrogen and oxygen atoms in total. The van der Waals surface area contributed by atoms with Gasteiger partial charge in [0, 0.05) is 29.2 Å². The van der Waals surface area contributed by atoms with Crippen molar-refractivity contribution in [3.8, 4) is 0 Å². The topological polar surface area (TPSA) is 49.4 Å². The van der Waals surface area contributed by atoms with Gasteiger partial charge in [-0.3, -0.25) is 9.59 Å². The maximum absolute atomic E-state index is 12.0. The molecule has 0 radical (unpaired) electrons. The second-order valence-corrected chi connectivity index (χ2v) is 5.96. The van der Waals surface area contributed by atoms with Gasteiger partial charge in [-0.05, 0) is 38.1 Å². The highest BCUT2D eigenvalue weighted by Gasteiger charge is 2.35. The fraction of sp³-hybridized carbons (Fsp3) is 0.429. The number of rotatable bonds is 3. The summed E-state index contributed by atoms with van der Waals surface area (Å²) in [5.41, 5.74) is 0.841. The van der Waals surface area contributed by atoms with Gasteiger partial charge >= 0.3 is 0 Å². The molecule has 1 unspecified atom stereocenters. The van der Waals surface area contributed by atoms with E-state index in [1.54, 1.807) is 4.90 Å². The molecule has 0 aromatic heterocycles. The second kappa shape index (κ2) is 5.74. The first-order valence-corrected chi connectivity index (χ1v) is 7.13. The van der Waals surface area contributed by atoms with Crippen LogP contribution in [0.15, 0.2) is 28.7 Å². The lowest BCUT2D eigenvalue weighted by Crippen LogP contribution is -2.36. The molecule has 2 rings (SSSR count). The van der Waals surface area contributed by atoms with Crippen LogP contribution in [0.4, 0.5) is 5.69 Å². The van der Waals surface area contributed by atoms with Crippen molar-refractivity contribution in [3.05, 3.63) is 28.7 Å². The maximum Gasteiger partial charge on any atom is 0.227 e. The number of carbonyl (C=O) groups excluding carboxylic acids is 2. The third-order valence-electron chi connectivity index (χ3n) is 3.07. The maximum atomic E-state index is 12.0. The molecule has 1 aliphatic rings. The van der Waals surface area contributed by atoms with Crippen LogP contribution in [0.25, 0.3) is 0 Å². The molecular formula is C14H17BrN2O2. The van der Waals surface area contributed by atoms with Crippen LogP contribution >= 0.6 is 15.9 Å². The number of carbonyl (C=O) groups is 2. The second-order valence-electron chi connectivity index (χ2n) is 5.05. The quantitative estimate of drug-likeness (QED) is 0.927. The lowest BCUT2D eigenvalue weighted by Gasteiger charge is -2.17. The van der Waals surface area contributed by atoms with Crippen molar-refractivity contribution in [2.24, 2.45) is 5.92 Å². The number of anilines is 1. The average molecular weight is 325 g/mol. The molecule has 19 heavy (non-hydrogen) atoms. The minimum Gasteiger partial charge on any atom is -0.354 e. The number of halogens is 1. The van der Waals surface area contributed by atoms with E-state index in [1.165, 1.54) is 0 Å². The highest BCUT2D eigenvalue weighted by atomic mass is 79.9. The molecule has 1 N–H and O–H groups in total. The Balaban J connectivity index is 2.07. The molecule has 1 fully saturated rings. The molecule has 102 valence electrons. The van der Waals surface area contributed by atoms with Gasteiger partial charge in [-0.25, -0.2) is 0 Å². The lowest BCUT2D eigenvalue weighted by atomic mass is 10.1. The standard InChI is InChI=1S/C14H17BrN2O2/c1-9(2)16-14(19)10-7-13(18)17(8-10)12-5-3-11(15)4-6-12/h3-6,9-10H,7-8H2,1-2H3,(H,16,19). The Morgan fingerprint density at radius 1 is 1.37 bits per heavy atom. The van der Waals surface area contributed by atoms with Gasteiger partial charge in [0.15, 0.2) is 0 Å². The summed E-state index contributed by atoms with van der Waals surface area (Å²) >= 11 is 3.36. The molecule has 1 heterocycles. The van der Waals surface area contributed by atoms with Gasteiger partial charge in [0.1, 0.15) is 0 Å². The molecule has 1 saturated heterocycles. The van der Waals surface area contributed by atoms with Crippen molar-refractivity contribution >= 4 is 33.4 Å². The predicted octanol–water partition coefficient (Wildman–Crippen LogP) is 2.33. The van der Waals surface area contributed by atoms with Gasteiger partial charge in [-0.2, -0.15) is 0 Å². The zero-order chi connectivity index (χ0) is 14.0. The van der Waals surface area contributed by atoms with Gasteiger partial charge in [-0.1, -0.05) is 15.9 Å². The zero-order valence-corrected chi connectivity index (χ0v) is 12.6. The van der Waals surface area contributed by atoms with Crippen molar-refractivity contribution in [1.82, 2.24) is 5.32 Å². The molecule has 1 atom stereocenters. The van der Waals surface area contributed by atoms with Crippen molar-refractivity contribution < 1.29 is 9.59 Å². The van der Waals surface area contributed by atoms with Gasteiger partial charge in [0.05, 0.1) is 5.92 Å². The van der Waals surface area contributed by atoms with Crippen LogP contribution in [0, 0.1) is 5.92 Å². The number of hydrogen-bond donors (Lipinski definition) is 1. The number of benzene rings is 1. The summed E-state index contributed by atoms with van der Waals surface area (Å²) in [6.45, 7) is 4.29. The number of amides is 2. The Morgan fingerprint density at radius 2 is 2.00 bits per heavy atom. The molecule has 1 aromatic carbocycles. The van der Waals surface area contributed by atoms with E-state index in [-0.39, 0.29) is 30.2 Å². The molecule has 0 saturated carbocycles. The van der Waals surface area contributed by atoms with E-state index < -0.39 is 0 Å². The first-order chi connectivity index (χ1) is 8.97. The third kappa shape index (κ3) is 3.35. The summed E-state index contributed by atoms with van der Waals surface area (Å²) in [5.74, 6) is -0.285. The zero-order valence-electron chi connectivity index (χ0n) is 11.0. The number of nitrogens with one attached hydrogen (secondary N) is 1. The molecule has 0 spiro atoms. The molecule has 2 amide bonds. The van der Waals surface area contributed by atoms with E-state index in [1.807, 2.05) is 38.1 Å². The summed E-state index contributed by atoms with van der Waals surface area (Å²) in [4.78, 5) is 25.6.